The maximum absolute atomic E-state index is 5.67. The molecular formula is C21H26O3S3. The average Bonchev–Trinajstić information content (AvgIpc) is 3.40. The summed E-state index contributed by atoms with van der Waals surface area (Å²) < 4.78 is 16.3. The number of aryl methyl sites for hydroxylation is 1. The molecule has 3 rings (SSSR count). The van der Waals surface area contributed by atoms with Crippen LogP contribution in [0.25, 0.3) is 19.5 Å². The summed E-state index contributed by atoms with van der Waals surface area (Å²) in [5, 5.41) is 0. The van der Waals surface area contributed by atoms with E-state index in [1.807, 2.05) is 40.9 Å². The number of hydrogen-bond acceptors (Lipinski definition) is 6. The highest BCUT2D eigenvalue weighted by Crippen LogP contribution is 2.39. The van der Waals surface area contributed by atoms with Gasteiger partial charge in [-0.25, -0.2) is 0 Å². The van der Waals surface area contributed by atoms with E-state index in [1.165, 1.54) is 29.3 Å². The van der Waals surface area contributed by atoms with Crippen molar-refractivity contribution in [2.45, 2.75) is 20.3 Å². The monoisotopic (exact) mass is 422 g/mol. The van der Waals surface area contributed by atoms with Crippen molar-refractivity contribution in [3.05, 3.63) is 46.2 Å². The molecule has 6 heteroatoms. The van der Waals surface area contributed by atoms with Crippen LogP contribution in [0.2, 0.25) is 0 Å². The van der Waals surface area contributed by atoms with E-state index in [-0.39, 0.29) is 0 Å². The SMILES string of the molecule is CCOCCOCCOCCc1ccc(-c2ccc(-c3ccc(C)s3)s2)s1. The van der Waals surface area contributed by atoms with Gasteiger partial charge in [0.15, 0.2) is 0 Å². The minimum Gasteiger partial charge on any atom is -0.379 e. The summed E-state index contributed by atoms with van der Waals surface area (Å²) in [6, 6.07) is 13.3. The van der Waals surface area contributed by atoms with E-state index in [0.717, 1.165) is 19.6 Å². The van der Waals surface area contributed by atoms with Gasteiger partial charge in [0.2, 0.25) is 0 Å². The Morgan fingerprint density at radius 2 is 1.19 bits per heavy atom. The zero-order chi connectivity index (χ0) is 18.9. The van der Waals surface area contributed by atoms with Gasteiger partial charge in [0.1, 0.15) is 0 Å². The Morgan fingerprint density at radius 1 is 0.630 bits per heavy atom. The summed E-state index contributed by atoms with van der Waals surface area (Å²) in [5.41, 5.74) is 0. The first-order chi connectivity index (χ1) is 13.3. The third-order valence-electron chi connectivity index (χ3n) is 3.93. The molecule has 3 aromatic heterocycles. The molecule has 0 fully saturated rings. The molecule has 3 aromatic rings. The third-order valence-corrected chi connectivity index (χ3v) is 7.56. The zero-order valence-corrected chi connectivity index (χ0v) is 18.3. The van der Waals surface area contributed by atoms with Crippen LogP contribution >= 0.6 is 34.0 Å². The molecule has 0 aliphatic rings. The quantitative estimate of drug-likeness (QED) is 0.329. The standard InChI is InChI=1S/C21H26O3S3/c1-3-22-12-13-24-15-14-23-11-10-17-5-7-19(26-17)21-9-8-20(27-21)18-6-4-16(2)25-18/h4-9H,3,10-15H2,1-2H3. The first-order valence-electron chi connectivity index (χ1n) is 9.25. The van der Waals surface area contributed by atoms with Gasteiger partial charge in [-0.1, -0.05) is 0 Å². The first-order valence-corrected chi connectivity index (χ1v) is 11.7. The van der Waals surface area contributed by atoms with Gasteiger partial charge in [0, 0.05) is 42.3 Å². The van der Waals surface area contributed by atoms with Crippen LogP contribution in [0.15, 0.2) is 36.4 Å². The fraction of sp³-hybridized carbons (Fsp3) is 0.429. The van der Waals surface area contributed by atoms with Gasteiger partial charge in [0.25, 0.3) is 0 Å². The average molecular weight is 423 g/mol. The number of rotatable bonds is 12. The number of ether oxygens (including phenoxy) is 3. The second-order valence-electron chi connectivity index (χ2n) is 6.01. The molecule has 0 atom stereocenters. The second kappa shape index (κ2) is 11.1. The molecule has 0 unspecified atom stereocenters. The molecule has 0 saturated heterocycles. The molecule has 0 aliphatic carbocycles. The normalized spacial score (nSPS) is 11.3. The zero-order valence-electron chi connectivity index (χ0n) is 15.9. The summed E-state index contributed by atoms with van der Waals surface area (Å²) in [7, 11) is 0. The van der Waals surface area contributed by atoms with Crippen LogP contribution in [-0.2, 0) is 20.6 Å². The third kappa shape index (κ3) is 6.52. The van der Waals surface area contributed by atoms with Crippen LogP contribution in [-0.4, -0.2) is 39.6 Å². The molecule has 0 N–H and O–H groups in total. The Labute approximate surface area is 173 Å². The number of hydrogen-bond donors (Lipinski definition) is 0. The van der Waals surface area contributed by atoms with Gasteiger partial charge in [-0.15, -0.1) is 34.0 Å². The molecular weight excluding hydrogens is 396 g/mol. The van der Waals surface area contributed by atoms with Crippen molar-refractivity contribution in [1.82, 2.24) is 0 Å². The fourth-order valence-electron chi connectivity index (χ4n) is 2.57. The van der Waals surface area contributed by atoms with Crippen LogP contribution in [0.5, 0.6) is 0 Å². The molecule has 0 radical (unpaired) electrons. The van der Waals surface area contributed by atoms with Gasteiger partial charge in [-0.2, -0.15) is 0 Å². The Morgan fingerprint density at radius 3 is 1.85 bits per heavy atom. The van der Waals surface area contributed by atoms with Crippen LogP contribution in [0, 0.1) is 6.92 Å². The Kier molecular flexibility index (Phi) is 8.51. The van der Waals surface area contributed by atoms with Crippen molar-refractivity contribution in [3.8, 4) is 19.5 Å². The Bertz CT molecular complexity index is 803. The predicted molar refractivity (Wildman–Crippen MR) is 118 cm³/mol. The van der Waals surface area contributed by atoms with Crippen molar-refractivity contribution in [1.29, 1.82) is 0 Å². The van der Waals surface area contributed by atoms with Crippen LogP contribution in [0.3, 0.4) is 0 Å². The summed E-state index contributed by atoms with van der Waals surface area (Å²) in [6.07, 6.45) is 0.950. The van der Waals surface area contributed by atoms with E-state index in [0.29, 0.717) is 26.4 Å². The van der Waals surface area contributed by atoms with Crippen LogP contribution in [0.1, 0.15) is 16.7 Å². The van der Waals surface area contributed by atoms with E-state index in [9.17, 15) is 0 Å². The topological polar surface area (TPSA) is 27.7 Å². The smallest absolute Gasteiger partial charge is 0.0701 e. The molecule has 3 nitrogen and oxygen atoms in total. The summed E-state index contributed by atoms with van der Waals surface area (Å²) >= 11 is 5.59. The molecule has 0 aromatic carbocycles. The Hall–Kier alpha value is -1.02. The lowest BCUT2D eigenvalue weighted by molar-refractivity contribution is 0.0176. The molecule has 3 heterocycles. The largest absolute Gasteiger partial charge is 0.379 e. The second-order valence-corrected chi connectivity index (χ2v) is 9.55. The summed E-state index contributed by atoms with van der Waals surface area (Å²) in [6.45, 7) is 8.18. The highest BCUT2D eigenvalue weighted by molar-refractivity contribution is 7.26. The van der Waals surface area contributed by atoms with E-state index in [2.05, 4.69) is 43.3 Å². The molecule has 0 amide bonds. The molecule has 146 valence electrons. The fourth-order valence-corrected chi connectivity index (χ4v) is 5.61. The van der Waals surface area contributed by atoms with Crippen LogP contribution < -0.4 is 0 Å². The lowest BCUT2D eigenvalue weighted by Crippen LogP contribution is -2.10. The lowest BCUT2D eigenvalue weighted by atomic mass is 10.3. The van der Waals surface area contributed by atoms with Crippen molar-refractivity contribution in [3.63, 3.8) is 0 Å². The van der Waals surface area contributed by atoms with Gasteiger partial charge in [0.05, 0.1) is 33.0 Å². The lowest BCUT2D eigenvalue weighted by Gasteiger charge is -2.05. The molecule has 27 heavy (non-hydrogen) atoms. The van der Waals surface area contributed by atoms with Crippen LogP contribution in [0.4, 0.5) is 0 Å². The summed E-state index contributed by atoms with van der Waals surface area (Å²) in [5.74, 6) is 0. The molecule has 0 spiro atoms. The highest BCUT2D eigenvalue weighted by atomic mass is 32.1. The van der Waals surface area contributed by atoms with Gasteiger partial charge < -0.3 is 14.2 Å². The van der Waals surface area contributed by atoms with Crippen molar-refractivity contribution < 1.29 is 14.2 Å². The highest BCUT2D eigenvalue weighted by Gasteiger charge is 2.09. The molecule has 0 bridgehead atoms. The van der Waals surface area contributed by atoms with Gasteiger partial charge in [-0.3, -0.25) is 0 Å². The van der Waals surface area contributed by atoms with Gasteiger partial charge >= 0.3 is 0 Å². The van der Waals surface area contributed by atoms with Crippen molar-refractivity contribution in [2.75, 3.05) is 39.6 Å². The predicted octanol–water partition coefficient (Wildman–Crippen LogP) is 6.13. The first kappa shape index (κ1) is 20.7. The Balaban J connectivity index is 1.39. The maximum atomic E-state index is 5.67. The molecule has 0 saturated carbocycles. The maximum Gasteiger partial charge on any atom is 0.0701 e. The van der Waals surface area contributed by atoms with E-state index in [4.69, 9.17) is 14.2 Å². The molecule has 0 aliphatic heterocycles. The van der Waals surface area contributed by atoms with E-state index < -0.39 is 0 Å². The number of thiophene rings is 3. The van der Waals surface area contributed by atoms with E-state index in [1.54, 1.807) is 0 Å². The summed E-state index contributed by atoms with van der Waals surface area (Å²) in [4.78, 5) is 8.12. The minimum absolute atomic E-state index is 0.628. The van der Waals surface area contributed by atoms with E-state index >= 15 is 0 Å². The minimum atomic E-state index is 0.628. The van der Waals surface area contributed by atoms with Crippen molar-refractivity contribution in [2.24, 2.45) is 0 Å². The van der Waals surface area contributed by atoms with Crippen molar-refractivity contribution >= 4 is 34.0 Å². The van der Waals surface area contributed by atoms with Gasteiger partial charge in [-0.05, 0) is 50.2 Å².